The van der Waals surface area contributed by atoms with E-state index in [1.165, 1.54) is 0 Å². The van der Waals surface area contributed by atoms with Crippen LogP contribution in [-0.2, 0) is 0 Å². The van der Waals surface area contributed by atoms with Crippen LogP contribution in [0.5, 0.6) is 5.75 Å². The highest BCUT2D eigenvalue weighted by atomic mass is 16.5. The molecule has 1 heterocycles. The van der Waals surface area contributed by atoms with Crippen molar-refractivity contribution in [3.8, 4) is 5.75 Å². The molecule has 2 N–H and O–H groups in total. The van der Waals surface area contributed by atoms with Gasteiger partial charge < -0.3 is 15.4 Å². The molecule has 24 heavy (non-hydrogen) atoms. The van der Waals surface area contributed by atoms with Gasteiger partial charge in [-0.25, -0.2) is 0 Å². The molecular weight excluding hydrogens is 304 g/mol. The molecule has 0 bridgehead atoms. The van der Waals surface area contributed by atoms with E-state index in [2.05, 4.69) is 17.6 Å². The van der Waals surface area contributed by atoms with Crippen molar-refractivity contribution in [1.82, 2.24) is 5.32 Å². The van der Waals surface area contributed by atoms with Crippen molar-refractivity contribution in [1.29, 1.82) is 0 Å². The minimum absolute atomic E-state index is 0.0563. The van der Waals surface area contributed by atoms with Crippen molar-refractivity contribution in [3.05, 3.63) is 59.2 Å². The smallest absolute Gasteiger partial charge is 0.259 e. The first-order valence-corrected chi connectivity index (χ1v) is 7.94. The van der Waals surface area contributed by atoms with E-state index in [9.17, 15) is 9.59 Å². The number of carbonyl (C=O) groups is 2. The summed E-state index contributed by atoms with van der Waals surface area (Å²) in [5.41, 5.74) is 2.76. The fourth-order valence-electron chi connectivity index (χ4n) is 2.81. The monoisotopic (exact) mass is 324 g/mol. The number of ether oxygens (including phenoxy) is 1. The summed E-state index contributed by atoms with van der Waals surface area (Å²) >= 11 is 0. The van der Waals surface area contributed by atoms with E-state index in [1.807, 2.05) is 19.1 Å². The molecule has 5 heteroatoms. The van der Waals surface area contributed by atoms with E-state index in [0.717, 1.165) is 5.56 Å². The van der Waals surface area contributed by atoms with Crippen LogP contribution < -0.4 is 15.4 Å². The van der Waals surface area contributed by atoms with Crippen LogP contribution in [0.3, 0.4) is 0 Å². The number of carbonyl (C=O) groups excluding carboxylic acids is 2. The lowest BCUT2D eigenvalue weighted by molar-refractivity contribution is 0.0962. The summed E-state index contributed by atoms with van der Waals surface area (Å²) in [5, 5.41) is 5.41. The zero-order valence-corrected chi connectivity index (χ0v) is 13.9. The largest absolute Gasteiger partial charge is 0.489 e. The van der Waals surface area contributed by atoms with Crippen LogP contribution in [0, 0.1) is 0 Å². The molecule has 124 valence electrons. The third-order valence-corrected chi connectivity index (χ3v) is 4.42. The second-order valence-electron chi connectivity index (χ2n) is 5.95. The standard InChI is InChI=1S/C19H20N2O3/c1-11-12(2)24-17-15(11)5-4-6-16(17)19(23)21-14-9-7-13(8-10-14)18(22)20-3/h4-12H,1-3H3,(H,20,22)(H,21,23)/t11-,12+/m1/s1. The number of benzene rings is 2. The second kappa shape index (κ2) is 6.35. The van der Waals surface area contributed by atoms with Gasteiger partial charge >= 0.3 is 0 Å². The molecule has 0 radical (unpaired) electrons. The van der Waals surface area contributed by atoms with E-state index in [0.29, 0.717) is 22.6 Å². The van der Waals surface area contributed by atoms with Crippen LogP contribution >= 0.6 is 0 Å². The molecule has 0 saturated carbocycles. The van der Waals surface area contributed by atoms with Gasteiger partial charge in [0.25, 0.3) is 11.8 Å². The highest BCUT2D eigenvalue weighted by Crippen LogP contribution is 2.40. The highest BCUT2D eigenvalue weighted by molar-refractivity contribution is 6.07. The van der Waals surface area contributed by atoms with Gasteiger partial charge in [0, 0.05) is 29.8 Å². The number of fused-ring (bicyclic) bond motifs is 1. The quantitative estimate of drug-likeness (QED) is 0.911. The molecule has 5 nitrogen and oxygen atoms in total. The molecule has 2 aromatic rings. The Labute approximate surface area is 141 Å². The van der Waals surface area contributed by atoms with Crippen LogP contribution in [0.25, 0.3) is 0 Å². The number of rotatable bonds is 3. The first-order chi connectivity index (χ1) is 11.5. The van der Waals surface area contributed by atoms with Crippen molar-refractivity contribution in [3.63, 3.8) is 0 Å². The first kappa shape index (κ1) is 16.1. The summed E-state index contributed by atoms with van der Waals surface area (Å²) < 4.78 is 5.86. The fraction of sp³-hybridized carbons (Fsp3) is 0.263. The summed E-state index contributed by atoms with van der Waals surface area (Å²) in [6, 6.07) is 12.4. The molecule has 3 rings (SSSR count). The van der Waals surface area contributed by atoms with E-state index >= 15 is 0 Å². The van der Waals surface area contributed by atoms with Crippen molar-refractivity contribution in [2.75, 3.05) is 12.4 Å². The van der Waals surface area contributed by atoms with Crippen molar-refractivity contribution >= 4 is 17.5 Å². The molecule has 0 unspecified atom stereocenters. The van der Waals surface area contributed by atoms with Gasteiger partial charge in [-0.3, -0.25) is 9.59 Å². The normalized spacial score (nSPS) is 18.5. The highest BCUT2D eigenvalue weighted by Gasteiger charge is 2.31. The van der Waals surface area contributed by atoms with Gasteiger partial charge in [0.15, 0.2) is 0 Å². The molecule has 0 aromatic heterocycles. The Morgan fingerprint density at radius 2 is 1.71 bits per heavy atom. The van der Waals surface area contributed by atoms with Gasteiger partial charge in [0.05, 0.1) is 5.56 Å². The predicted octanol–water partition coefficient (Wildman–Crippen LogP) is 3.18. The number of amides is 2. The number of nitrogens with one attached hydrogen (secondary N) is 2. The lowest BCUT2D eigenvalue weighted by Gasteiger charge is -2.10. The Bertz CT molecular complexity index is 784. The maximum atomic E-state index is 12.6. The predicted molar refractivity (Wildman–Crippen MR) is 92.7 cm³/mol. The van der Waals surface area contributed by atoms with Crippen LogP contribution in [0.15, 0.2) is 42.5 Å². The molecule has 2 atom stereocenters. The molecule has 1 aliphatic heterocycles. The third-order valence-electron chi connectivity index (χ3n) is 4.42. The summed E-state index contributed by atoms with van der Waals surface area (Å²) in [6.45, 7) is 4.10. The van der Waals surface area contributed by atoms with Gasteiger partial charge in [-0.2, -0.15) is 0 Å². The Hall–Kier alpha value is -2.82. The minimum atomic E-state index is -0.221. The summed E-state index contributed by atoms with van der Waals surface area (Å²) in [4.78, 5) is 24.1. The molecule has 0 saturated heterocycles. The number of hydrogen-bond donors (Lipinski definition) is 2. The van der Waals surface area contributed by atoms with E-state index in [4.69, 9.17) is 4.74 Å². The lowest BCUT2D eigenvalue weighted by Crippen LogP contribution is -2.18. The second-order valence-corrected chi connectivity index (χ2v) is 5.95. The third kappa shape index (κ3) is 2.85. The van der Waals surface area contributed by atoms with Crippen molar-refractivity contribution < 1.29 is 14.3 Å². The van der Waals surface area contributed by atoms with Crippen LogP contribution in [0.2, 0.25) is 0 Å². The van der Waals surface area contributed by atoms with Crippen LogP contribution in [-0.4, -0.2) is 25.0 Å². The van der Waals surface area contributed by atoms with Gasteiger partial charge in [-0.15, -0.1) is 0 Å². The summed E-state index contributed by atoms with van der Waals surface area (Å²) in [5.74, 6) is 0.544. The number of anilines is 1. The van der Waals surface area contributed by atoms with Crippen molar-refractivity contribution in [2.24, 2.45) is 0 Å². The van der Waals surface area contributed by atoms with Crippen LogP contribution in [0.1, 0.15) is 46.0 Å². The zero-order valence-electron chi connectivity index (χ0n) is 13.9. The first-order valence-electron chi connectivity index (χ1n) is 7.94. The molecular formula is C19H20N2O3. The molecule has 2 aromatic carbocycles. The number of para-hydroxylation sites is 1. The average molecular weight is 324 g/mol. The lowest BCUT2D eigenvalue weighted by atomic mass is 9.97. The molecule has 2 amide bonds. The Kier molecular flexibility index (Phi) is 4.25. The van der Waals surface area contributed by atoms with Gasteiger partial charge in [-0.05, 0) is 37.3 Å². The summed E-state index contributed by atoms with van der Waals surface area (Å²) in [7, 11) is 1.58. The fourth-order valence-corrected chi connectivity index (χ4v) is 2.81. The Morgan fingerprint density at radius 3 is 2.38 bits per heavy atom. The van der Waals surface area contributed by atoms with E-state index in [1.54, 1.807) is 37.4 Å². The molecule has 0 fully saturated rings. The maximum absolute atomic E-state index is 12.6. The van der Waals surface area contributed by atoms with Gasteiger partial charge in [0.1, 0.15) is 11.9 Å². The van der Waals surface area contributed by atoms with Crippen LogP contribution in [0.4, 0.5) is 5.69 Å². The zero-order chi connectivity index (χ0) is 17.3. The van der Waals surface area contributed by atoms with Crippen molar-refractivity contribution in [2.45, 2.75) is 25.9 Å². The molecule has 0 aliphatic carbocycles. The molecule has 1 aliphatic rings. The average Bonchev–Trinajstić information content (AvgIpc) is 2.89. The van der Waals surface area contributed by atoms with E-state index < -0.39 is 0 Å². The van der Waals surface area contributed by atoms with Gasteiger partial charge in [0.2, 0.25) is 0 Å². The minimum Gasteiger partial charge on any atom is -0.489 e. The topological polar surface area (TPSA) is 67.4 Å². The Morgan fingerprint density at radius 1 is 1.00 bits per heavy atom. The van der Waals surface area contributed by atoms with Gasteiger partial charge in [-0.1, -0.05) is 19.1 Å². The van der Waals surface area contributed by atoms with E-state index in [-0.39, 0.29) is 23.8 Å². The Balaban J connectivity index is 1.81. The molecule has 0 spiro atoms. The number of hydrogen-bond acceptors (Lipinski definition) is 3. The summed E-state index contributed by atoms with van der Waals surface area (Å²) in [6.07, 6.45) is 0.0563. The maximum Gasteiger partial charge on any atom is 0.259 e. The SMILES string of the molecule is CNC(=O)c1ccc(NC(=O)c2cccc3c2O[C@@H](C)[C@H]3C)cc1.